The van der Waals surface area contributed by atoms with Crippen LogP contribution >= 0.6 is 11.8 Å². The molecule has 4 heterocycles. The molecule has 4 rings (SSSR count). The van der Waals surface area contributed by atoms with Gasteiger partial charge in [0.15, 0.2) is 10.7 Å². The Kier molecular flexibility index (Phi) is 9.75. The third-order valence-electron chi connectivity index (χ3n) is 6.16. The van der Waals surface area contributed by atoms with Gasteiger partial charge in [-0.05, 0) is 43.5 Å². The fraction of sp³-hybridized carbons (Fsp3) is 0.400. The molecule has 0 aromatic carbocycles. The van der Waals surface area contributed by atoms with E-state index in [0.29, 0.717) is 12.4 Å². The number of carbonyl (C=O) groups is 2. The van der Waals surface area contributed by atoms with E-state index in [0.717, 1.165) is 34.6 Å². The topological polar surface area (TPSA) is 139 Å². The van der Waals surface area contributed by atoms with Crippen molar-refractivity contribution in [3.05, 3.63) is 71.1 Å². The van der Waals surface area contributed by atoms with Crippen LogP contribution in [0.5, 0.6) is 0 Å². The Bertz CT molecular complexity index is 1510. The van der Waals surface area contributed by atoms with E-state index in [1.165, 1.54) is 12.4 Å². The number of carbonyl (C=O) groups excluding carboxylic acids is 2. The van der Waals surface area contributed by atoms with Crippen molar-refractivity contribution in [1.82, 2.24) is 41.0 Å². The summed E-state index contributed by atoms with van der Waals surface area (Å²) in [5.74, 6) is -1.30. The summed E-state index contributed by atoms with van der Waals surface area (Å²) < 4.78 is 92.4. The summed E-state index contributed by atoms with van der Waals surface area (Å²) in [7, 11) is 0. The summed E-state index contributed by atoms with van der Waals surface area (Å²) in [6.45, 7) is 1.10. The number of nitrogens with zero attached hydrogens (tertiary/aromatic N) is 6. The summed E-state index contributed by atoms with van der Waals surface area (Å²) in [6.07, 6.45) is -6.56. The van der Waals surface area contributed by atoms with Crippen LogP contribution < -0.4 is 16.1 Å². The van der Waals surface area contributed by atoms with E-state index in [-0.39, 0.29) is 54.5 Å². The Morgan fingerprint density at radius 1 is 1.02 bits per heavy atom. The van der Waals surface area contributed by atoms with Crippen LogP contribution in [0.2, 0.25) is 0 Å². The molecule has 3 aromatic heterocycles. The summed E-state index contributed by atoms with van der Waals surface area (Å²) >= 11 is 1.06. The second-order valence-electron chi connectivity index (χ2n) is 9.80. The standard InChI is InChI=1S/C25H24F7N9O2S/c1-23(39-38-22(44-23)21(43)36-11-18-3-2-15(10-34-18)24(27,28)29)5-4-17(26)12-41-13-19(37-40-41)20(42)35-8-14-6-16(9-33-7-14)25(30,31)32/h2-3,6-7,9-10,13,17,39H,4-5,8,11-12H2,1H3,(H,35,42)(H,36,43). The molecule has 44 heavy (non-hydrogen) atoms. The van der Waals surface area contributed by atoms with Gasteiger partial charge in [0.05, 0.1) is 36.1 Å². The molecule has 2 atom stereocenters. The van der Waals surface area contributed by atoms with Gasteiger partial charge in [0, 0.05) is 25.1 Å². The van der Waals surface area contributed by atoms with Gasteiger partial charge in [-0.15, -0.1) is 5.10 Å². The molecule has 0 bridgehead atoms. The van der Waals surface area contributed by atoms with Gasteiger partial charge in [0.25, 0.3) is 11.8 Å². The van der Waals surface area contributed by atoms with Gasteiger partial charge in [-0.25, -0.2) is 9.07 Å². The highest BCUT2D eigenvalue weighted by molar-refractivity contribution is 8.17. The molecule has 2 amide bonds. The van der Waals surface area contributed by atoms with Gasteiger partial charge in [0.2, 0.25) is 0 Å². The van der Waals surface area contributed by atoms with Crippen molar-refractivity contribution in [3.8, 4) is 0 Å². The molecule has 2 unspecified atom stereocenters. The first-order valence-electron chi connectivity index (χ1n) is 12.8. The number of hydrogen-bond acceptors (Lipinski definition) is 9. The lowest BCUT2D eigenvalue weighted by atomic mass is 10.1. The average Bonchev–Trinajstić information content (AvgIpc) is 3.60. The van der Waals surface area contributed by atoms with Gasteiger partial charge in [-0.1, -0.05) is 17.0 Å². The number of hydrazone groups is 1. The van der Waals surface area contributed by atoms with E-state index in [4.69, 9.17) is 0 Å². The van der Waals surface area contributed by atoms with Crippen LogP contribution in [-0.2, 0) is 36.8 Å². The molecule has 0 saturated heterocycles. The number of hydrogen-bond donors (Lipinski definition) is 3. The van der Waals surface area contributed by atoms with E-state index >= 15 is 0 Å². The van der Waals surface area contributed by atoms with Crippen LogP contribution in [0.25, 0.3) is 0 Å². The number of pyridine rings is 2. The Balaban J connectivity index is 1.19. The van der Waals surface area contributed by atoms with Crippen molar-refractivity contribution in [1.29, 1.82) is 0 Å². The zero-order valence-corrected chi connectivity index (χ0v) is 23.5. The van der Waals surface area contributed by atoms with Crippen molar-refractivity contribution in [3.63, 3.8) is 0 Å². The fourth-order valence-electron chi connectivity index (χ4n) is 3.81. The quantitative estimate of drug-likeness (QED) is 0.267. The number of nitrogens with one attached hydrogen (secondary N) is 3. The monoisotopic (exact) mass is 647 g/mol. The largest absolute Gasteiger partial charge is 0.417 e. The van der Waals surface area contributed by atoms with Crippen LogP contribution in [0.15, 0.2) is 48.1 Å². The highest BCUT2D eigenvalue weighted by Gasteiger charge is 2.36. The molecule has 1 aliphatic rings. The first kappa shape index (κ1) is 32.6. The lowest BCUT2D eigenvalue weighted by molar-refractivity contribution is -0.138. The zero-order chi connectivity index (χ0) is 32.1. The molecular formula is C25H24F7N9O2S. The van der Waals surface area contributed by atoms with Gasteiger partial charge >= 0.3 is 12.4 Å². The highest BCUT2D eigenvalue weighted by Crippen LogP contribution is 2.34. The Labute approximate surface area is 249 Å². The molecule has 0 spiro atoms. The minimum absolute atomic E-state index is 0.0142. The number of rotatable bonds is 11. The zero-order valence-electron chi connectivity index (χ0n) is 22.7. The van der Waals surface area contributed by atoms with Crippen molar-refractivity contribution >= 4 is 28.6 Å². The highest BCUT2D eigenvalue weighted by atomic mass is 32.2. The Hall–Kier alpha value is -4.29. The summed E-state index contributed by atoms with van der Waals surface area (Å²) in [6, 6.07) is 2.87. The van der Waals surface area contributed by atoms with E-state index in [1.807, 2.05) is 0 Å². The number of amides is 2. The molecule has 19 heteroatoms. The lowest BCUT2D eigenvalue weighted by Gasteiger charge is -2.23. The summed E-state index contributed by atoms with van der Waals surface area (Å²) in [4.78, 5) is 31.2. The van der Waals surface area contributed by atoms with Crippen LogP contribution in [0.1, 0.15) is 52.6 Å². The minimum Gasteiger partial charge on any atom is -0.346 e. The van der Waals surface area contributed by atoms with Crippen molar-refractivity contribution in [2.45, 2.75) is 62.8 Å². The average molecular weight is 648 g/mol. The molecule has 3 N–H and O–H groups in total. The number of alkyl halides is 7. The summed E-state index contributed by atoms with van der Waals surface area (Å²) in [5, 5.41) is 16.4. The maximum absolute atomic E-state index is 14.8. The first-order chi connectivity index (χ1) is 20.6. The second kappa shape index (κ2) is 13.1. The predicted octanol–water partition coefficient (Wildman–Crippen LogP) is 3.84. The van der Waals surface area contributed by atoms with E-state index in [1.54, 1.807) is 6.92 Å². The normalized spacial score (nSPS) is 17.5. The number of aromatic nitrogens is 5. The molecule has 0 aliphatic carbocycles. The molecule has 0 radical (unpaired) electrons. The first-order valence-corrected chi connectivity index (χ1v) is 13.6. The molecule has 11 nitrogen and oxygen atoms in total. The smallest absolute Gasteiger partial charge is 0.346 e. The van der Waals surface area contributed by atoms with Crippen molar-refractivity contribution in [2.24, 2.45) is 5.10 Å². The van der Waals surface area contributed by atoms with Gasteiger partial charge in [-0.2, -0.15) is 31.4 Å². The van der Waals surface area contributed by atoms with Gasteiger partial charge < -0.3 is 10.6 Å². The molecule has 3 aromatic rings. The molecule has 1 aliphatic heterocycles. The van der Waals surface area contributed by atoms with E-state index in [2.05, 4.69) is 41.4 Å². The Morgan fingerprint density at radius 3 is 2.43 bits per heavy atom. The van der Waals surface area contributed by atoms with Gasteiger partial charge in [0.1, 0.15) is 11.0 Å². The maximum atomic E-state index is 14.8. The maximum Gasteiger partial charge on any atom is 0.417 e. The van der Waals surface area contributed by atoms with Crippen molar-refractivity contribution < 1.29 is 40.3 Å². The third kappa shape index (κ3) is 8.87. The minimum atomic E-state index is -4.58. The molecular weight excluding hydrogens is 623 g/mol. The van der Waals surface area contributed by atoms with Gasteiger partial charge in [-0.3, -0.25) is 25.0 Å². The number of thioether (sulfide) groups is 1. The SMILES string of the molecule is CC1(CCC(F)Cn2cc(C(=O)NCc3cncc(C(F)(F)F)c3)nn2)NN=C(C(=O)NCc2ccc(C(F)(F)F)cn2)S1. The molecule has 236 valence electrons. The van der Waals surface area contributed by atoms with Crippen molar-refractivity contribution in [2.75, 3.05) is 0 Å². The Morgan fingerprint density at radius 2 is 1.75 bits per heavy atom. The van der Waals surface area contributed by atoms with E-state index in [9.17, 15) is 40.3 Å². The molecule has 0 saturated carbocycles. The van der Waals surface area contributed by atoms with E-state index < -0.39 is 46.3 Å². The fourth-order valence-corrected chi connectivity index (χ4v) is 4.80. The van der Waals surface area contributed by atoms with Crippen LogP contribution in [-0.4, -0.2) is 52.9 Å². The van der Waals surface area contributed by atoms with Crippen LogP contribution in [0.4, 0.5) is 30.7 Å². The molecule has 0 fully saturated rings. The van der Waals surface area contributed by atoms with Crippen LogP contribution in [0.3, 0.4) is 0 Å². The lowest BCUT2D eigenvalue weighted by Crippen LogP contribution is -2.33. The van der Waals surface area contributed by atoms with Crippen LogP contribution in [0, 0.1) is 0 Å². The third-order valence-corrected chi connectivity index (χ3v) is 7.37. The second-order valence-corrected chi connectivity index (χ2v) is 11.3. The number of halogens is 7. The predicted molar refractivity (Wildman–Crippen MR) is 142 cm³/mol. The summed E-state index contributed by atoms with van der Waals surface area (Å²) in [5.41, 5.74) is 1.11.